The maximum absolute atomic E-state index is 12.5. The first-order valence-electron chi connectivity index (χ1n) is 4.95. The Labute approximate surface area is 89.8 Å². The van der Waals surface area contributed by atoms with Gasteiger partial charge in [-0.2, -0.15) is 8.78 Å². The Kier molecular flexibility index (Phi) is 3.77. The van der Waals surface area contributed by atoms with E-state index in [1.54, 1.807) is 5.32 Å². The van der Waals surface area contributed by atoms with E-state index >= 15 is 0 Å². The van der Waals surface area contributed by atoms with Gasteiger partial charge >= 0.3 is 12.3 Å². The van der Waals surface area contributed by atoms with E-state index in [9.17, 15) is 27.5 Å². The lowest BCUT2D eigenvalue weighted by atomic mass is 10.0. The molecule has 0 aromatic heterocycles. The molecule has 1 amide bonds. The summed E-state index contributed by atoms with van der Waals surface area (Å²) in [5.74, 6) is -6.74. The minimum Gasteiger partial charge on any atom is -0.388 e. The molecule has 0 saturated heterocycles. The van der Waals surface area contributed by atoms with Crippen LogP contribution in [0.2, 0.25) is 0 Å². The van der Waals surface area contributed by atoms with Gasteiger partial charge in [0.1, 0.15) is 0 Å². The molecule has 0 aromatic rings. The summed E-state index contributed by atoms with van der Waals surface area (Å²) in [6.45, 7) is -0.409. The Balaban J connectivity index is 2.46. The zero-order chi connectivity index (χ0) is 12.4. The lowest BCUT2D eigenvalue weighted by molar-refractivity contribution is -0.170. The van der Waals surface area contributed by atoms with E-state index in [1.807, 2.05) is 0 Å². The van der Waals surface area contributed by atoms with E-state index in [-0.39, 0.29) is 0 Å². The van der Waals surface area contributed by atoms with Crippen LogP contribution in [-0.4, -0.2) is 35.5 Å². The van der Waals surface area contributed by atoms with Crippen LogP contribution >= 0.6 is 0 Å². The topological polar surface area (TPSA) is 49.3 Å². The average molecular weight is 243 g/mol. The number of rotatable bonds is 4. The molecule has 1 saturated carbocycles. The molecule has 0 heterocycles. The molecule has 1 aliphatic carbocycles. The van der Waals surface area contributed by atoms with Crippen LogP contribution in [0, 0.1) is 0 Å². The summed E-state index contributed by atoms with van der Waals surface area (Å²) in [5, 5.41) is 11.4. The summed E-state index contributed by atoms with van der Waals surface area (Å²) in [4.78, 5) is 10.8. The van der Waals surface area contributed by atoms with Gasteiger partial charge in [-0.25, -0.2) is 8.78 Å². The fourth-order valence-electron chi connectivity index (χ4n) is 1.67. The number of aliphatic hydroxyl groups is 1. The van der Waals surface area contributed by atoms with Crippen LogP contribution in [0.15, 0.2) is 0 Å². The molecule has 2 N–H and O–H groups in total. The van der Waals surface area contributed by atoms with E-state index < -0.39 is 30.4 Å². The SMILES string of the molecule is O=C(NCC1(O)CCCC1)C(F)(F)C(F)F. The number of nitrogens with one attached hydrogen (secondary N) is 1. The molecule has 0 atom stereocenters. The van der Waals surface area contributed by atoms with Gasteiger partial charge < -0.3 is 10.4 Å². The molecule has 16 heavy (non-hydrogen) atoms. The van der Waals surface area contributed by atoms with Crippen molar-refractivity contribution in [3.63, 3.8) is 0 Å². The molecule has 1 fully saturated rings. The third kappa shape index (κ3) is 2.84. The number of carbonyl (C=O) groups is 1. The van der Waals surface area contributed by atoms with Gasteiger partial charge in [0.2, 0.25) is 0 Å². The molecule has 0 unspecified atom stereocenters. The highest BCUT2D eigenvalue weighted by Crippen LogP contribution is 2.29. The van der Waals surface area contributed by atoms with Crippen molar-refractivity contribution in [2.45, 2.75) is 43.6 Å². The predicted octanol–water partition coefficient (Wildman–Crippen LogP) is 1.31. The molecule has 1 aliphatic rings. The fourth-order valence-corrected chi connectivity index (χ4v) is 1.67. The standard InChI is InChI=1S/C9H13F4NO2/c10-6(11)9(12,13)7(15)14-5-8(16)3-1-2-4-8/h6,16H,1-5H2,(H,14,15). The Bertz CT molecular complexity index is 264. The number of halogens is 4. The van der Waals surface area contributed by atoms with Crippen LogP contribution in [0.3, 0.4) is 0 Å². The highest BCUT2D eigenvalue weighted by atomic mass is 19.3. The van der Waals surface area contributed by atoms with Gasteiger partial charge in [-0.1, -0.05) is 12.8 Å². The van der Waals surface area contributed by atoms with E-state index in [2.05, 4.69) is 0 Å². The maximum Gasteiger partial charge on any atom is 0.383 e. The van der Waals surface area contributed by atoms with Gasteiger partial charge in [0.15, 0.2) is 0 Å². The summed E-state index contributed by atoms with van der Waals surface area (Å²) in [6, 6.07) is 0. The highest BCUT2D eigenvalue weighted by Gasteiger charge is 2.49. The smallest absolute Gasteiger partial charge is 0.383 e. The second kappa shape index (κ2) is 4.57. The van der Waals surface area contributed by atoms with Crippen LogP contribution in [0.25, 0.3) is 0 Å². The van der Waals surface area contributed by atoms with Gasteiger partial charge in [0, 0.05) is 6.54 Å². The molecule has 0 aromatic carbocycles. The van der Waals surface area contributed by atoms with Crippen molar-refractivity contribution >= 4 is 5.91 Å². The third-order valence-corrected chi connectivity index (χ3v) is 2.69. The molecule has 94 valence electrons. The molecule has 0 bridgehead atoms. The van der Waals surface area contributed by atoms with E-state index in [0.29, 0.717) is 12.8 Å². The Hall–Kier alpha value is -0.850. The van der Waals surface area contributed by atoms with Gasteiger partial charge in [-0.05, 0) is 12.8 Å². The summed E-state index contributed by atoms with van der Waals surface area (Å²) >= 11 is 0. The highest BCUT2D eigenvalue weighted by molar-refractivity contribution is 5.83. The van der Waals surface area contributed by atoms with Crippen LogP contribution in [0.1, 0.15) is 25.7 Å². The van der Waals surface area contributed by atoms with Crippen LogP contribution in [0.4, 0.5) is 17.6 Å². The molecule has 0 radical (unpaired) electrons. The zero-order valence-electron chi connectivity index (χ0n) is 8.48. The minimum absolute atomic E-state index is 0.382. The minimum atomic E-state index is -4.70. The van der Waals surface area contributed by atoms with Gasteiger partial charge in [0.05, 0.1) is 5.60 Å². The Morgan fingerprint density at radius 3 is 2.31 bits per heavy atom. The third-order valence-electron chi connectivity index (χ3n) is 2.69. The molecule has 1 rings (SSSR count). The lowest BCUT2D eigenvalue weighted by Crippen LogP contribution is -2.50. The van der Waals surface area contributed by atoms with Gasteiger partial charge in [-0.15, -0.1) is 0 Å². The van der Waals surface area contributed by atoms with Crippen LogP contribution in [0.5, 0.6) is 0 Å². The molecule has 0 spiro atoms. The van der Waals surface area contributed by atoms with Crippen molar-refractivity contribution in [3.8, 4) is 0 Å². The zero-order valence-corrected chi connectivity index (χ0v) is 8.48. The second-order valence-electron chi connectivity index (χ2n) is 4.04. The van der Waals surface area contributed by atoms with Crippen molar-refractivity contribution in [1.29, 1.82) is 0 Å². The van der Waals surface area contributed by atoms with Gasteiger partial charge in [-0.3, -0.25) is 4.79 Å². The number of carbonyl (C=O) groups excluding carboxylic acids is 1. The Morgan fingerprint density at radius 1 is 1.38 bits per heavy atom. The molecule has 3 nitrogen and oxygen atoms in total. The first-order chi connectivity index (χ1) is 7.28. The van der Waals surface area contributed by atoms with Crippen molar-refractivity contribution in [2.75, 3.05) is 6.54 Å². The van der Waals surface area contributed by atoms with Crippen LogP contribution in [-0.2, 0) is 4.79 Å². The number of alkyl halides is 4. The normalized spacial score (nSPS) is 20.1. The first-order valence-corrected chi connectivity index (χ1v) is 4.95. The monoisotopic (exact) mass is 243 g/mol. The number of hydrogen-bond acceptors (Lipinski definition) is 2. The van der Waals surface area contributed by atoms with Crippen LogP contribution < -0.4 is 5.32 Å². The Morgan fingerprint density at radius 2 is 1.88 bits per heavy atom. The van der Waals surface area contributed by atoms with E-state index in [1.165, 1.54) is 0 Å². The predicted molar refractivity (Wildman–Crippen MR) is 47.4 cm³/mol. The maximum atomic E-state index is 12.5. The van der Waals surface area contributed by atoms with E-state index in [4.69, 9.17) is 0 Å². The molecule has 7 heteroatoms. The first kappa shape index (κ1) is 13.2. The quantitative estimate of drug-likeness (QED) is 0.731. The summed E-state index contributed by atoms with van der Waals surface area (Å²) < 4.78 is 48.6. The number of amides is 1. The molecular weight excluding hydrogens is 230 g/mol. The molecular formula is C9H13F4NO2. The summed E-state index contributed by atoms with van der Waals surface area (Å²) in [7, 11) is 0. The van der Waals surface area contributed by atoms with Gasteiger partial charge in [0.25, 0.3) is 5.91 Å². The molecule has 0 aliphatic heterocycles. The van der Waals surface area contributed by atoms with Crippen molar-refractivity contribution < 1.29 is 27.5 Å². The number of hydrogen-bond donors (Lipinski definition) is 2. The summed E-state index contributed by atoms with van der Waals surface area (Å²) in [6.07, 6.45) is -1.80. The van der Waals surface area contributed by atoms with Crippen molar-refractivity contribution in [2.24, 2.45) is 0 Å². The summed E-state index contributed by atoms with van der Waals surface area (Å²) in [5.41, 5.74) is -1.23. The average Bonchev–Trinajstić information content (AvgIpc) is 2.62. The van der Waals surface area contributed by atoms with Crippen molar-refractivity contribution in [1.82, 2.24) is 5.32 Å². The van der Waals surface area contributed by atoms with Crippen molar-refractivity contribution in [3.05, 3.63) is 0 Å². The van der Waals surface area contributed by atoms with E-state index in [0.717, 1.165) is 12.8 Å². The lowest BCUT2D eigenvalue weighted by Gasteiger charge is -2.23. The largest absolute Gasteiger partial charge is 0.388 e. The second-order valence-corrected chi connectivity index (χ2v) is 4.04. The fraction of sp³-hybridized carbons (Fsp3) is 0.889.